The number of halogens is 2. The van der Waals surface area contributed by atoms with Crippen molar-refractivity contribution in [1.82, 2.24) is 0 Å². The van der Waals surface area contributed by atoms with Crippen molar-refractivity contribution in [2.24, 2.45) is 0 Å². The minimum atomic E-state index is -3.84. The van der Waals surface area contributed by atoms with Crippen molar-refractivity contribution in [1.29, 1.82) is 0 Å². The first kappa shape index (κ1) is 20.6. The minimum Gasteiger partial charge on any atom is -0.484 e. The summed E-state index contributed by atoms with van der Waals surface area (Å²) in [5.74, 6) is -0.712. The molecule has 0 heterocycles. The van der Waals surface area contributed by atoms with E-state index in [1.807, 2.05) is 0 Å². The van der Waals surface area contributed by atoms with Crippen LogP contribution in [0.25, 0.3) is 0 Å². The molecule has 0 bridgehead atoms. The van der Waals surface area contributed by atoms with Gasteiger partial charge in [-0.25, -0.2) is 12.8 Å². The lowest BCUT2D eigenvalue weighted by Crippen LogP contribution is -2.20. The lowest BCUT2D eigenvalue weighted by Gasteiger charge is -2.11. The number of anilines is 2. The molecule has 0 atom stereocenters. The Morgan fingerprint density at radius 3 is 2.41 bits per heavy atom. The molecule has 2 N–H and O–H groups in total. The van der Waals surface area contributed by atoms with E-state index in [1.54, 1.807) is 24.3 Å². The van der Waals surface area contributed by atoms with Crippen LogP contribution in [0.4, 0.5) is 15.8 Å². The minimum absolute atomic E-state index is 0.00595. The highest BCUT2D eigenvalue weighted by Gasteiger charge is 2.15. The molecule has 0 aliphatic carbocycles. The number of sulfonamides is 1. The van der Waals surface area contributed by atoms with E-state index >= 15 is 0 Å². The lowest BCUT2D eigenvalue weighted by atomic mass is 10.3. The summed E-state index contributed by atoms with van der Waals surface area (Å²) in [4.78, 5) is 12.0. The third kappa shape index (κ3) is 5.69. The number of para-hydroxylation sites is 1. The van der Waals surface area contributed by atoms with Gasteiger partial charge in [0.05, 0.1) is 15.6 Å². The van der Waals surface area contributed by atoms with Gasteiger partial charge in [-0.15, -0.1) is 0 Å². The van der Waals surface area contributed by atoms with Crippen molar-refractivity contribution in [3.05, 3.63) is 83.6 Å². The molecule has 1 amide bonds. The zero-order valence-corrected chi connectivity index (χ0v) is 16.5. The molecule has 0 radical (unpaired) electrons. The third-order valence-electron chi connectivity index (χ3n) is 3.73. The van der Waals surface area contributed by atoms with Gasteiger partial charge in [0.1, 0.15) is 11.6 Å². The van der Waals surface area contributed by atoms with Gasteiger partial charge in [0.25, 0.3) is 15.9 Å². The van der Waals surface area contributed by atoms with Gasteiger partial charge in [0.15, 0.2) is 6.61 Å². The van der Waals surface area contributed by atoms with E-state index in [2.05, 4.69) is 10.0 Å². The van der Waals surface area contributed by atoms with Crippen LogP contribution in [0.5, 0.6) is 5.75 Å². The Labute approximate surface area is 172 Å². The molecule has 0 unspecified atom stereocenters. The number of rotatable bonds is 7. The van der Waals surface area contributed by atoms with Crippen LogP contribution in [0.1, 0.15) is 0 Å². The number of amides is 1. The van der Waals surface area contributed by atoms with Crippen LogP contribution in [-0.2, 0) is 14.8 Å². The fourth-order valence-corrected chi connectivity index (χ4v) is 3.69. The standard InChI is InChI=1S/C20H16ClFN2O4S/c21-18-6-1-2-7-19(18)24-29(26,27)17-10-8-15(9-11-17)23-20(25)13-28-16-5-3-4-14(22)12-16/h1-12,24H,13H2,(H,23,25). The molecular weight excluding hydrogens is 419 g/mol. The number of nitrogens with one attached hydrogen (secondary N) is 2. The Morgan fingerprint density at radius 2 is 1.72 bits per heavy atom. The highest BCUT2D eigenvalue weighted by molar-refractivity contribution is 7.92. The number of carbonyl (C=O) groups is 1. The second-order valence-corrected chi connectivity index (χ2v) is 7.99. The SMILES string of the molecule is O=C(COc1cccc(F)c1)Nc1ccc(S(=O)(=O)Nc2ccccc2Cl)cc1. The summed E-state index contributed by atoms with van der Waals surface area (Å²) in [6.07, 6.45) is 0. The zero-order chi connectivity index (χ0) is 20.9. The Kier molecular flexibility index (Phi) is 6.36. The van der Waals surface area contributed by atoms with E-state index in [4.69, 9.17) is 16.3 Å². The van der Waals surface area contributed by atoms with E-state index in [9.17, 15) is 17.6 Å². The normalized spacial score (nSPS) is 11.0. The first-order chi connectivity index (χ1) is 13.8. The molecule has 3 aromatic carbocycles. The van der Waals surface area contributed by atoms with E-state index in [1.165, 1.54) is 48.5 Å². The second-order valence-electron chi connectivity index (χ2n) is 5.90. The maximum atomic E-state index is 13.1. The largest absolute Gasteiger partial charge is 0.484 e. The van der Waals surface area contributed by atoms with Crippen molar-refractivity contribution < 1.29 is 22.3 Å². The highest BCUT2D eigenvalue weighted by atomic mass is 35.5. The predicted molar refractivity (Wildman–Crippen MR) is 109 cm³/mol. The third-order valence-corrected chi connectivity index (χ3v) is 5.44. The average molecular weight is 435 g/mol. The van der Waals surface area contributed by atoms with Gasteiger partial charge in [-0.3, -0.25) is 9.52 Å². The quantitative estimate of drug-likeness (QED) is 0.580. The topological polar surface area (TPSA) is 84.5 Å². The molecule has 9 heteroatoms. The molecular formula is C20H16ClFN2O4S. The zero-order valence-electron chi connectivity index (χ0n) is 14.9. The van der Waals surface area contributed by atoms with Crippen molar-refractivity contribution in [3.8, 4) is 5.75 Å². The van der Waals surface area contributed by atoms with Crippen LogP contribution >= 0.6 is 11.6 Å². The predicted octanol–water partition coefficient (Wildman–Crippen LogP) is 4.30. The van der Waals surface area contributed by atoms with E-state index in [-0.39, 0.29) is 28.0 Å². The Morgan fingerprint density at radius 1 is 1.00 bits per heavy atom. The molecule has 3 rings (SSSR count). The smallest absolute Gasteiger partial charge is 0.262 e. The van der Waals surface area contributed by atoms with Crippen LogP contribution < -0.4 is 14.8 Å². The van der Waals surface area contributed by atoms with Crippen LogP contribution in [0.15, 0.2) is 77.7 Å². The number of carbonyl (C=O) groups excluding carboxylic acids is 1. The number of ether oxygens (including phenoxy) is 1. The summed E-state index contributed by atoms with van der Waals surface area (Å²) in [5.41, 5.74) is 0.649. The number of hydrogen-bond donors (Lipinski definition) is 2. The molecule has 0 saturated carbocycles. The molecule has 0 saturated heterocycles. The Bertz CT molecular complexity index is 1120. The van der Waals surface area contributed by atoms with Gasteiger partial charge in [0, 0.05) is 11.8 Å². The van der Waals surface area contributed by atoms with Crippen molar-refractivity contribution in [3.63, 3.8) is 0 Å². The fraction of sp³-hybridized carbons (Fsp3) is 0.0500. The molecule has 150 valence electrons. The first-order valence-corrected chi connectivity index (χ1v) is 10.3. The number of hydrogen-bond acceptors (Lipinski definition) is 4. The second kappa shape index (κ2) is 8.93. The summed E-state index contributed by atoms with van der Waals surface area (Å²) in [6, 6.07) is 17.5. The summed E-state index contributed by atoms with van der Waals surface area (Å²) in [6.45, 7) is -0.322. The summed E-state index contributed by atoms with van der Waals surface area (Å²) < 4.78 is 45.6. The van der Waals surface area contributed by atoms with Crippen LogP contribution in [0, 0.1) is 5.82 Å². The monoisotopic (exact) mass is 434 g/mol. The van der Waals surface area contributed by atoms with Crippen molar-refractivity contribution in [2.75, 3.05) is 16.6 Å². The molecule has 3 aromatic rings. The van der Waals surface area contributed by atoms with E-state index in [0.29, 0.717) is 5.69 Å². The summed E-state index contributed by atoms with van der Waals surface area (Å²) in [7, 11) is -3.84. The van der Waals surface area contributed by atoms with Crippen molar-refractivity contribution >= 4 is 38.9 Å². The van der Waals surface area contributed by atoms with Crippen LogP contribution in [-0.4, -0.2) is 20.9 Å². The van der Waals surface area contributed by atoms with Gasteiger partial charge in [-0.1, -0.05) is 29.8 Å². The lowest BCUT2D eigenvalue weighted by molar-refractivity contribution is -0.118. The molecule has 0 aliphatic rings. The van der Waals surface area contributed by atoms with Crippen molar-refractivity contribution in [2.45, 2.75) is 4.90 Å². The van der Waals surface area contributed by atoms with Gasteiger partial charge in [-0.05, 0) is 48.5 Å². The first-order valence-electron chi connectivity index (χ1n) is 8.39. The molecule has 0 aromatic heterocycles. The molecule has 0 fully saturated rings. The molecule has 0 aliphatic heterocycles. The summed E-state index contributed by atoms with van der Waals surface area (Å²) >= 11 is 5.98. The number of benzene rings is 3. The maximum absolute atomic E-state index is 13.1. The molecule has 0 spiro atoms. The van der Waals surface area contributed by atoms with Gasteiger partial charge in [0.2, 0.25) is 0 Å². The summed E-state index contributed by atoms with van der Waals surface area (Å²) in [5, 5.41) is 2.85. The Balaban J connectivity index is 1.60. The Hall–Kier alpha value is -3.10. The van der Waals surface area contributed by atoms with Gasteiger partial charge >= 0.3 is 0 Å². The fourth-order valence-electron chi connectivity index (χ4n) is 2.37. The average Bonchev–Trinajstić information content (AvgIpc) is 2.69. The maximum Gasteiger partial charge on any atom is 0.262 e. The van der Waals surface area contributed by atoms with E-state index < -0.39 is 21.7 Å². The van der Waals surface area contributed by atoms with E-state index in [0.717, 1.165) is 0 Å². The van der Waals surface area contributed by atoms with Gasteiger partial charge < -0.3 is 10.1 Å². The van der Waals surface area contributed by atoms with Gasteiger partial charge in [-0.2, -0.15) is 0 Å². The molecule has 6 nitrogen and oxygen atoms in total. The van der Waals surface area contributed by atoms with Crippen LogP contribution in [0.2, 0.25) is 5.02 Å². The molecule has 29 heavy (non-hydrogen) atoms. The highest BCUT2D eigenvalue weighted by Crippen LogP contribution is 2.24. The van der Waals surface area contributed by atoms with Crippen LogP contribution in [0.3, 0.4) is 0 Å².